The second-order valence-electron chi connectivity index (χ2n) is 14.3. The van der Waals surface area contributed by atoms with E-state index in [0.29, 0.717) is 48.5 Å². The number of halogens is 2. The van der Waals surface area contributed by atoms with Crippen LogP contribution in [0.1, 0.15) is 61.1 Å². The number of amides is 1. The van der Waals surface area contributed by atoms with Crippen LogP contribution in [0.4, 0.5) is 4.39 Å². The molecule has 0 N–H and O–H groups in total. The third kappa shape index (κ3) is 4.09. The summed E-state index contributed by atoms with van der Waals surface area (Å²) < 4.78 is 20.5. The molecule has 0 spiro atoms. The van der Waals surface area contributed by atoms with E-state index >= 15 is 0 Å². The van der Waals surface area contributed by atoms with Crippen molar-refractivity contribution in [3.63, 3.8) is 0 Å². The predicted molar refractivity (Wildman–Crippen MR) is 170 cm³/mol. The van der Waals surface area contributed by atoms with Gasteiger partial charge < -0.3 is 14.5 Å². The lowest BCUT2D eigenvalue weighted by Gasteiger charge is -2.52. The molecule has 232 valence electrons. The van der Waals surface area contributed by atoms with Gasteiger partial charge in [-0.15, -0.1) is 0 Å². The molecule has 0 aromatic heterocycles. The average molecular weight is 626 g/mol. The van der Waals surface area contributed by atoms with E-state index in [0.717, 1.165) is 49.5 Å². The van der Waals surface area contributed by atoms with Crippen LogP contribution in [-0.4, -0.2) is 83.0 Å². The summed E-state index contributed by atoms with van der Waals surface area (Å²) >= 11 is 7.16. The number of likely N-dealkylation sites (tertiary alicyclic amines) is 2. The van der Waals surface area contributed by atoms with Crippen molar-refractivity contribution in [3.8, 4) is 6.07 Å². The van der Waals surface area contributed by atoms with Crippen molar-refractivity contribution < 1.29 is 13.9 Å². The number of allylic oxidation sites excluding steroid dienone is 2. The highest BCUT2D eigenvalue weighted by Crippen LogP contribution is 2.59. The predicted octanol–water partition coefficient (Wildman–Crippen LogP) is 5.45. The van der Waals surface area contributed by atoms with Crippen LogP contribution in [0, 0.1) is 23.2 Å². The third-order valence-electron chi connectivity index (χ3n) is 12.1. The number of rotatable bonds is 5. The molecule has 0 radical (unpaired) electrons. The molecule has 0 bridgehead atoms. The first-order valence-corrected chi connectivity index (χ1v) is 17.0. The highest BCUT2D eigenvalue weighted by atomic mass is 35.5. The van der Waals surface area contributed by atoms with Gasteiger partial charge in [-0.25, -0.2) is 9.38 Å². The van der Waals surface area contributed by atoms with Gasteiger partial charge in [-0.2, -0.15) is 5.26 Å². The van der Waals surface area contributed by atoms with E-state index in [2.05, 4.69) is 52.8 Å². The van der Waals surface area contributed by atoms with Crippen LogP contribution in [0.3, 0.4) is 0 Å². The second kappa shape index (κ2) is 10.0. The third-order valence-corrected chi connectivity index (χ3v) is 12.4. The molecule has 3 aliphatic carbocycles. The Hall–Kier alpha value is -3.41. The fraction of sp³-hybridized carbons (Fsp3) is 0.528. The second-order valence-corrected chi connectivity index (χ2v) is 14.7. The van der Waals surface area contributed by atoms with E-state index in [1.165, 1.54) is 36.0 Å². The number of dihydropyridines is 1. The van der Waals surface area contributed by atoms with Gasteiger partial charge in [-0.3, -0.25) is 9.69 Å². The molecule has 1 aromatic carbocycles. The van der Waals surface area contributed by atoms with Gasteiger partial charge in [0, 0.05) is 29.7 Å². The molecule has 1 amide bonds. The van der Waals surface area contributed by atoms with E-state index in [-0.39, 0.29) is 29.6 Å². The number of benzene rings is 1. The van der Waals surface area contributed by atoms with Crippen LogP contribution < -0.4 is 0 Å². The Kier molecular flexibility index (Phi) is 6.22. The van der Waals surface area contributed by atoms with Crippen LogP contribution in [0.2, 0.25) is 0 Å². The van der Waals surface area contributed by atoms with Crippen LogP contribution in [0.25, 0.3) is 5.57 Å². The van der Waals surface area contributed by atoms with Crippen LogP contribution >= 0.6 is 11.6 Å². The maximum Gasteiger partial charge on any atom is 0.282 e. The summed E-state index contributed by atoms with van der Waals surface area (Å²) in [4.78, 5) is 24.1. The molecule has 5 heterocycles. The Balaban J connectivity index is 1.09. The fourth-order valence-electron chi connectivity index (χ4n) is 9.84. The molecule has 5 aliphatic heterocycles. The molecule has 9 rings (SSSR count). The van der Waals surface area contributed by atoms with Gasteiger partial charge in [0.1, 0.15) is 18.2 Å². The Labute approximate surface area is 268 Å². The summed E-state index contributed by atoms with van der Waals surface area (Å²) in [6.07, 6.45) is 11.9. The van der Waals surface area contributed by atoms with Crippen molar-refractivity contribution in [1.29, 1.82) is 5.26 Å². The average Bonchev–Trinajstić information content (AvgIpc) is 3.32. The van der Waals surface area contributed by atoms with Crippen molar-refractivity contribution in [2.45, 2.75) is 74.5 Å². The van der Waals surface area contributed by atoms with Crippen LogP contribution in [-0.2, 0) is 16.0 Å². The van der Waals surface area contributed by atoms with Gasteiger partial charge >= 0.3 is 0 Å². The lowest BCUT2D eigenvalue weighted by molar-refractivity contribution is -0.132. The molecule has 1 saturated carbocycles. The molecule has 7 nitrogen and oxygen atoms in total. The standard InChI is InChI=1S/C36H37ClFN5O2/c1-20(38)35(44)42-12-7-30-31(42)18-43(30)33-26-15-28(37)25(23-6-2-5-21-13-22-14-24(22)32(21)23)16-29(26)40-34(27(33)17-39)45-19-36-8-3-10-41(36)11-4-9-36/h2,5-6,15-16,22,24,26,29-31H,1,3-4,7-14,18-19H2/t22?,24?,26?,29?,30-,31-/m1/s1. The summed E-state index contributed by atoms with van der Waals surface area (Å²) in [5.41, 5.74) is 6.44. The van der Waals surface area contributed by atoms with Gasteiger partial charge in [0.25, 0.3) is 5.91 Å². The number of aliphatic imine (C=N–C) groups is 1. The first kappa shape index (κ1) is 27.9. The summed E-state index contributed by atoms with van der Waals surface area (Å²) in [6, 6.07) is 8.66. The molecule has 45 heavy (non-hydrogen) atoms. The zero-order chi connectivity index (χ0) is 30.6. The maximum absolute atomic E-state index is 13.8. The summed E-state index contributed by atoms with van der Waals surface area (Å²) in [7, 11) is 0. The zero-order valence-electron chi connectivity index (χ0n) is 25.4. The Bertz CT molecular complexity index is 1690. The van der Waals surface area contributed by atoms with Crippen LogP contribution in [0.15, 0.2) is 64.1 Å². The van der Waals surface area contributed by atoms with Crippen molar-refractivity contribution in [2.24, 2.45) is 16.8 Å². The fourth-order valence-corrected chi connectivity index (χ4v) is 10.1. The summed E-state index contributed by atoms with van der Waals surface area (Å²) in [5.74, 6) is 0.00278. The molecule has 4 saturated heterocycles. The van der Waals surface area contributed by atoms with Crippen molar-refractivity contribution in [3.05, 3.63) is 75.7 Å². The van der Waals surface area contributed by atoms with Crippen LogP contribution in [0.5, 0.6) is 0 Å². The highest BCUT2D eigenvalue weighted by Gasteiger charge is 2.54. The number of ether oxygens (including phenoxy) is 1. The molecule has 5 fully saturated rings. The number of carbonyl (C=O) groups is 1. The number of fused-ring (bicyclic) bond motifs is 6. The summed E-state index contributed by atoms with van der Waals surface area (Å²) in [5, 5.41) is 11.3. The molecular formula is C36H37ClFN5O2. The Morgan fingerprint density at radius 2 is 2.02 bits per heavy atom. The first-order valence-electron chi connectivity index (χ1n) is 16.6. The molecule has 1 aromatic rings. The SMILES string of the molecule is C=C(F)C(=O)N1CC[C@@H]2[C@H]1CN2C1=C(C#N)C(OCC23CCCN2CCC3)=NC2C=C(c3cccc4c3C3CC3C4)C(Cl)=CC12. The van der Waals surface area contributed by atoms with E-state index in [9.17, 15) is 14.4 Å². The summed E-state index contributed by atoms with van der Waals surface area (Å²) in [6.45, 7) is 6.95. The topological polar surface area (TPSA) is 72.2 Å². The molecule has 8 aliphatic rings. The smallest absolute Gasteiger partial charge is 0.282 e. The van der Waals surface area contributed by atoms with E-state index in [1.54, 1.807) is 4.90 Å². The molecular weight excluding hydrogens is 589 g/mol. The Morgan fingerprint density at radius 3 is 2.80 bits per heavy atom. The number of hydrogen-bond acceptors (Lipinski definition) is 6. The lowest BCUT2D eigenvalue weighted by Crippen LogP contribution is -2.63. The number of nitriles is 1. The minimum absolute atomic E-state index is 0.00727. The monoisotopic (exact) mass is 625 g/mol. The minimum atomic E-state index is -0.927. The molecule has 9 heteroatoms. The number of nitrogens with zero attached hydrogens (tertiary/aromatic N) is 5. The van der Waals surface area contributed by atoms with Crippen molar-refractivity contribution in [2.75, 3.05) is 32.8 Å². The van der Waals surface area contributed by atoms with E-state index in [1.807, 2.05) is 0 Å². The van der Waals surface area contributed by atoms with Crippen molar-refractivity contribution in [1.82, 2.24) is 14.7 Å². The Morgan fingerprint density at radius 1 is 1.20 bits per heavy atom. The minimum Gasteiger partial charge on any atom is -0.475 e. The van der Waals surface area contributed by atoms with Crippen molar-refractivity contribution >= 4 is 29.0 Å². The van der Waals surface area contributed by atoms with Gasteiger partial charge in [0.05, 0.1) is 23.7 Å². The number of carbonyl (C=O) groups excluding carboxylic acids is 1. The van der Waals surface area contributed by atoms with Gasteiger partial charge in [-0.05, 0) is 98.2 Å². The van der Waals surface area contributed by atoms with Gasteiger partial charge in [0.2, 0.25) is 5.90 Å². The van der Waals surface area contributed by atoms with Gasteiger partial charge in [0.15, 0.2) is 5.83 Å². The first-order chi connectivity index (χ1) is 21.9. The zero-order valence-corrected chi connectivity index (χ0v) is 26.1. The largest absolute Gasteiger partial charge is 0.475 e. The highest BCUT2D eigenvalue weighted by molar-refractivity contribution is 6.37. The van der Waals surface area contributed by atoms with E-state index in [4.69, 9.17) is 21.3 Å². The molecule has 4 unspecified atom stereocenters. The molecule has 6 atom stereocenters. The number of hydrogen-bond donors (Lipinski definition) is 0. The quantitative estimate of drug-likeness (QED) is 0.407. The van der Waals surface area contributed by atoms with E-state index < -0.39 is 11.7 Å². The lowest BCUT2D eigenvalue weighted by atomic mass is 9.79. The van der Waals surface area contributed by atoms with Gasteiger partial charge in [-0.1, -0.05) is 42.5 Å². The maximum atomic E-state index is 13.8. The normalized spacial score (nSPS) is 33.6.